The Hall–Kier alpha value is -0.670. The van der Waals surface area contributed by atoms with Gasteiger partial charge in [0.1, 0.15) is 0 Å². The van der Waals surface area contributed by atoms with Crippen LogP contribution in [0.4, 0.5) is 8.78 Å². The van der Waals surface area contributed by atoms with E-state index >= 15 is 0 Å². The lowest BCUT2D eigenvalue weighted by molar-refractivity contribution is 0.0835. The number of hydrogen-bond donors (Lipinski definition) is 0. The molecule has 0 aromatic heterocycles. The highest BCUT2D eigenvalue weighted by molar-refractivity contribution is 6.36. The Bertz CT molecular complexity index is 338. The third-order valence-corrected chi connectivity index (χ3v) is 1.91. The standard InChI is InChI=1S/C7H2Cl2F2O/c8-4-2-1-3(7(11)12)5(9)6(4)10/h1-2H. The first-order valence-electron chi connectivity index (χ1n) is 2.87. The maximum Gasteiger partial charge on any atom is 0.333 e. The minimum atomic E-state index is -1.78. The van der Waals surface area contributed by atoms with Crippen LogP contribution in [0.15, 0.2) is 12.1 Å². The maximum absolute atomic E-state index is 12.8. The first-order chi connectivity index (χ1) is 5.54. The van der Waals surface area contributed by atoms with Gasteiger partial charge >= 0.3 is 6.04 Å². The van der Waals surface area contributed by atoms with Crippen LogP contribution in [0.1, 0.15) is 10.4 Å². The summed E-state index contributed by atoms with van der Waals surface area (Å²) in [5, 5.41) is -0.833. The zero-order valence-corrected chi connectivity index (χ0v) is 7.09. The Morgan fingerprint density at radius 2 is 1.92 bits per heavy atom. The number of halogens is 4. The molecule has 0 saturated heterocycles. The van der Waals surface area contributed by atoms with Crippen molar-refractivity contribution in [1.82, 2.24) is 0 Å². The number of benzene rings is 1. The average Bonchev–Trinajstić information content (AvgIpc) is 2.00. The summed E-state index contributed by atoms with van der Waals surface area (Å²) in [4.78, 5) is 10.2. The van der Waals surface area contributed by atoms with Crippen molar-refractivity contribution in [3.8, 4) is 0 Å². The second-order valence-corrected chi connectivity index (χ2v) is 2.78. The van der Waals surface area contributed by atoms with Crippen LogP contribution in [-0.4, -0.2) is 6.04 Å². The quantitative estimate of drug-likeness (QED) is 0.514. The predicted molar refractivity (Wildman–Crippen MR) is 41.9 cm³/mol. The topological polar surface area (TPSA) is 17.1 Å². The molecule has 0 amide bonds. The smallest absolute Gasteiger partial charge is 0.255 e. The largest absolute Gasteiger partial charge is 0.333 e. The summed E-state index contributed by atoms with van der Waals surface area (Å²) >= 11 is 10.6. The maximum atomic E-state index is 12.8. The van der Waals surface area contributed by atoms with Crippen LogP contribution in [0.25, 0.3) is 0 Å². The molecule has 0 spiro atoms. The molecule has 0 saturated carbocycles. The van der Waals surface area contributed by atoms with Crippen molar-refractivity contribution in [2.45, 2.75) is 0 Å². The molecule has 5 heteroatoms. The molecule has 0 N–H and O–H groups in total. The van der Waals surface area contributed by atoms with E-state index in [0.29, 0.717) is 0 Å². The van der Waals surface area contributed by atoms with E-state index in [1.54, 1.807) is 0 Å². The Morgan fingerprint density at radius 1 is 1.33 bits per heavy atom. The van der Waals surface area contributed by atoms with E-state index < -0.39 is 22.4 Å². The molecule has 0 aliphatic carbocycles. The van der Waals surface area contributed by atoms with E-state index in [1.807, 2.05) is 0 Å². The fraction of sp³-hybridized carbons (Fsp3) is 0. The summed E-state index contributed by atoms with van der Waals surface area (Å²) in [7, 11) is 0. The van der Waals surface area contributed by atoms with Crippen molar-refractivity contribution in [2.75, 3.05) is 0 Å². The lowest BCUT2D eigenvalue weighted by Gasteiger charge is -1.99. The van der Waals surface area contributed by atoms with Crippen LogP contribution in [0.3, 0.4) is 0 Å². The second kappa shape index (κ2) is 3.37. The lowest BCUT2D eigenvalue weighted by atomic mass is 10.2. The first kappa shape index (κ1) is 9.42. The molecule has 0 aliphatic heterocycles. The van der Waals surface area contributed by atoms with E-state index in [2.05, 4.69) is 0 Å². The van der Waals surface area contributed by atoms with Crippen molar-refractivity contribution < 1.29 is 13.6 Å². The molecule has 1 nitrogen and oxygen atoms in total. The number of carbonyl (C=O) groups is 1. The molecule has 0 fully saturated rings. The molecule has 0 atom stereocenters. The molecule has 0 radical (unpaired) electrons. The van der Waals surface area contributed by atoms with Gasteiger partial charge in [-0.25, -0.2) is 4.39 Å². The van der Waals surface area contributed by atoms with Crippen molar-refractivity contribution in [1.29, 1.82) is 0 Å². The van der Waals surface area contributed by atoms with Gasteiger partial charge in [0.15, 0.2) is 5.82 Å². The highest BCUT2D eigenvalue weighted by Gasteiger charge is 2.15. The summed E-state index contributed by atoms with van der Waals surface area (Å²) in [5.41, 5.74) is -0.515. The molecule has 0 aliphatic rings. The lowest BCUT2D eigenvalue weighted by Crippen LogP contribution is -1.94. The van der Waals surface area contributed by atoms with E-state index in [-0.39, 0.29) is 5.02 Å². The highest BCUT2D eigenvalue weighted by atomic mass is 35.5. The summed E-state index contributed by atoms with van der Waals surface area (Å²) in [6, 6.07) is 0.307. The van der Waals surface area contributed by atoms with Gasteiger partial charge in [-0.2, -0.15) is 4.39 Å². The minimum Gasteiger partial charge on any atom is -0.255 e. The summed E-state index contributed by atoms with van der Waals surface area (Å²) in [6.45, 7) is 0. The van der Waals surface area contributed by atoms with Gasteiger partial charge in [0.2, 0.25) is 0 Å². The fourth-order valence-corrected chi connectivity index (χ4v) is 1.12. The van der Waals surface area contributed by atoms with E-state index in [4.69, 9.17) is 23.2 Å². The van der Waals surface area contributed by atoms with Gasteiger partial charge in [-0.3, -0.25) is 4.79 Å². The highest BCUT2D eigenvalue weighted by Crippen LogP contribution is 2.26. The Morgan fingerprint density at radius 3 is 2.42 bits per heavy atom. The Balaban J connectivity index is 3.36. The van der Waals surface area contributed by atoms with Gasteiger partial charge in [-0.15, -0.1) is 0 Å². The molecule has 1 aromatic rings. The van der Waals surface area contributed by atoms with Crippen LogP contribution in [0, 0.1) is 5.82 Å². The van der Waals surface area contributed by atoms with E-state index in [1.165, 1.54) is 0 Å². The molecular formula is C7H2Cl2F2O. The molecule has 0 bridgehead atoms. The first-order valence-corrected chi connectivity index (χ1v) is 3.63. The van der Waals surface area contributed by atoms with Gasteiger partial charge in [0, 0.05) is 0 Å². The summed E-state index contributed by atoms with van der Waals surface area (Å²) < 4.78 is 24.8. The molecule has 1 rings (SSSR count). The Labute approximate surface area is 76.9 Å². The third-order valence-electron chi connectivity index (χ3n) is 1.25. The van der Waals surface area contributed by atoms with Crippen molar-refractivity contribution in [2.24, 2.45) is 0 Å². The summed E-state index contributed by atoms with van der Waals surface area (Å²) in [6.07, 6.45) is 0. The third kappa shape index (κ3) is 1.57. The van der Waals surface area contributed by atoms with Crippen molar-refractivity contribution >= 4 is 29.2 Å². The van der Waals surface area contributed by atoms with Crippen LogP contribution in [-0.2, 0) is 0 Å². The fourth-order valence-electron chi connectivity index (χ4n) is 0.678. The number of rotatable bonds is 1. The van der Waals surface area contributed by atoms with Gasteiger partial charge in [0.05, 0.1) is 15.6 Å². The normalized spacial score (nSPS) is 10.0. The molecule has 1 aromatic carbocycles. The van der Waals surface area contributed by atoms with Crippen molar-refractivity contribution in [3.63, 3.8) is 0 Å². The van der Waals surface area contributed by atoms with Gasteiger partial charge in [0.25, 0.3) is 0 Å². The van der Waals surface area contributed by atoms with Gasteiger partial charge < -0.3 is 0 Å². The van der Waals surface area contributed by atoms with Crippen LogP contribution in [0.2, 0.25) is 10.0 Å². The number of carbonyl (C=O) groups excluding carboxylic acids is 1. The molecule has 12 heavy (non-hydrogen) atoms. The molecule has 0 unspecified atom stereocenters. The molecular weight excluding hydrogens is 209 g/mol. The minimum absolute atomic E-state index is 0.245. The monoisotopic (exact) mass is 210 g/mol. The van der Waals surface area contributed by atoms with Gasteiger partial charge in [-0.05, 0) is 12.1 Å². The van der Waals surface area contributed by atoms with Crippen LogP contribution in [0.5, 0.6) is 0 Å². The van der Waals surface area contributed by atoms with Crippen LogP contribution >= 0.6 is 23.2 Å². The van der Waals surface area contributed by atoms with Crippen molar-refractivity contribution in [3.05, 3.63) is 33.6 Å². The van der Waals surface area contributed by atoms with Gasteiger partial charge in [-0.1, -0.05) is 23.2 Å². The SMILES string of the molecule is O=C(F)c1ccc(Cl)c(F)c1Cl. The number of hydrogen-bond acceptors (Lipinski definition) is 1. The zero-order chi connectivity index (χ0) is 9.30. The second-order valence-electron chi connectivity index (χ2n) is 2.00. The zero-order valence-electron chi connectivity index (χ0n) is 5.57. The van der Waals surface area contributed by atoms with Crippen LogP contribution < -0.4 is 0 Å². The Kier molecular flexibility index (Phi) is 2.65. The van der Waals surface area contributed by atoms with E-state index in [9.17, 15) is 13.6 Å². The molecule has 64 valence electrons. The molecule has 0 heterocycles. The predicted octanol–water partition coefficient (Wildman–Crippen LogP) is 3.24. The van der Waals surface area contributed by atoms with E-state index in [0.717, 1.165) is 12.1 Å². The average molecular weight is 211 g/mol. The summed E-state index contributed by atoms with van der Waals surface area (Å²) in [5.74, 6) is -0.984.